The first-order valence-corrected chi connectivity index (χ1v) is 10.1. The van der Waals surface area contributed by atoms with E-state index in [9.17, 15) is 9.59 Å². The number of halogens is 1. The number of ketones is 1. The van der Waals surface area contributed by atoms with Gasteiger partial charge in [-0.1, -0.05) is 30.3 Å². The number of benzene rings is 2. The van der Waals surface area contributed by atoms with E-state index in [2.05, 4.69) is 39.8 Å². The Bertz CT molecular complexity index is 1020. The van der Waals surface area contributed by atoms with Gasteiger partial charge in [0.15, 0.2) is 11.5 Å². The minimum Gasteiger partial charge on any atom is -0.454 e. The van der Waals surface area contributed by atoms with Gasteiger partial charge in [-0.05, 0) is 55.6 Å². The molecule has 1 N–H and O–H groups in total. The highest BCUT2D eigenvalue weighted by Crippen LogP contribution is 2.33. The maximum absolute atomic E-state index is 13.0. The van der Waals surface area contributed by atoms with E-state index >= 15 is 0 Å². The first-order valence-electron chi connectivity index (χ1n) is 10.1. The Morgan fingerprint density at radius 2 is 1.81 bits per heavy atom. The molecule has 3 heterocycles. The van der Waals surface area contributed by atoms with Gasteiger partial charge in [-0.3, -0.25) is 9.69 Å². The van der Waals surface area contributed by atoms with Crippen LogP contribution >= 0.6 is 12.4 Å². The lowest BCUT2D eigenvalue weighted by Crippen LogP contribution is -2.36. The van der Waals surface area contributed by atoms with Gasteiger partial charge in [0, 0.05) is 12.1 Å². The van der Waals surface area contributed by atoms with E-state index in [0.717, 1.165) is 25.9 Å². The van der Waals surface area contributed by atoms with Crippen LogP contribution in [0.2, 0.25) is 0 Å². The maximum atomic E-state index is 13.0. The molecular formula is C23H23ClN3O4. The molecule has 2 aromatic carbocycles. The first kappa shape index (κ1) is 21.2. The minimum absolute atomic E-state index is 0. The second kappa shape index (κ2) is 8.99. The van der Waals surface area contributed by atoms with Gasteiger partial charge in [0.2, 0.25) is 12.6 Å². The topological polar surface area (TPSA) is 82.0 Å². The van der Waals surface area contributed by atoms with E-state index in [1.807, 2.05) is 6.07 Å². The van der Waals surface area contributed by atoms with Crippen molar-refractivity contribution in [1.29, 1.82) is 0 Å². The summed E-state index contributed by atoms with van der Waals surface area (Å²) >= 11 is 0. The smallest absolute Gasteiger partial charge is 0.345 e. The van der Waals surface area contributed by atoms with Gasteiger partial charge in [0.25, 0.3) is 0 Å². The maximum Gasteiger partial charge on any atom is 0.345 e. The van der Waals surface area contributed by atoms with Crippen molar-refractivity contribution in [3.8, 4) is 11.5 Å². The number of rotatable bonds is 5. The summed E-state index contributed by atoms with van der Waals surface area (Å²) in [6, 6.07) is 15.1. The summed E-state index contributed by atoms with van der Waals surface area (Å²) in [6.45, 7) is 2.46. The van der Waals surface area contributed by atoms with E-state index in [-0.39, 0.29) is 30.7 Å². The van der Waals surface area contributed by atoms with E-state index in [1.165, 1.54) is 5.56 Å². The number of nitrogens with one attached hydrogen (secondary N) is 1. The number of urea groups is 1. The third-order valence-electron chi connectivity index (χ3n) is 5.85. The molecule has 8 heteroatoms. The van der Waals surface area contributed by atoms with Crippen LogP contribution in [0, 0.1) is 0 Å². The fourth-order valence-electron chi connectivity index (χ4n) is 4.24. The van der Waals surface area contributed by atoms with Crippen molar-refractivity contribution in [2.75, 3.05) is 26.4 Å². The van der Waals surface area contributed by atoms with Gasteiger partial charge in [-0.25, -0.2) is 4.79 Å². The Kier molecular flexibility index (Phi) is 6.15. The number of nitrogens with zero attached hydrogens (tertiary/aromatic N) is 2. The van der Waals surface area contributed by atoms with Crippen molar-refractivity contribution in [1.82, 2.24) is 15.5 Å². The van der Waals surface area contributed by atoms with E-state index in [0.29, 0.717) is 35.2 Å². The van der Waals surface area contributed by atoms with Crippen LogP contribution in [0.5, 0.6) is 11.5 Å². The zero-order chi connectivity index (χ0) is 20.5. The summed E-state index contributed by atoms with van der Waals surface area (Å²) < 4.78 is 10.7. The number of carbonyl (C=O) groups is 2. The molecule has 0 bridgehead atoms. The summed E-state index contributed by atoms with van der Waals surface area (Å²) in [5, 5.41) is 6.70. The Hall–Kier alpha value is -3.03. The molecule has 5 rings (SSSR count). The number of piperidine rings is 1. The van der Waals surface area contributed by atoms with E-state index < -0.39 is 6.03 Å². The number of Topliss-reactive ketones (excluding diaryl/α,β-unsaturated/α-hetero) is 1. The Morgan fingerprint density at radius 3 is 2.58 bits per heavy atom. The van der Waals surface area contributed by atoms with Gasteiger partial charge < -0.3 is 14.8 Å². The predicted octanol–water partition coefficient (Wildman–Crippen LogP) is 3.44. The van der Waals surface area contributed by atoms with Gasteiger partial charge in [-0.15, -0.1) is 12.4 Å². The molecule has 0 spiro atoms. The van der Waals surface area contributed by atoms with Crippen molar-refractivity contribution in [3.05, 3.63) is 71.1 Å². The van der Waals surface area contributed by atoms with Crippen molar-refractivity contribution >= 4 is 24.2 Å². The fourth-order valence-corrected chi connectivity index (χ4v) is 4.24. The molecule has 2 amide bonds. The van der Waals surface area contributed by atoms with Crippen LogP contribution in [0.15, 0.2) is 59.9 Å². The largest absolute Gasteiger partial charge is 0.454 e. The number of likely N-dealkylation sites (tertiary alicyclic amines) is 1. The summed E-state index contributed by atoms with van der Waals surface area (Å²) in [4.78, 5) is 27.2. The first-order chi connectivity index (χ1) is 14.7. The number of amides is 2. The number of hydrogen-bond donors (Lipinski definition) is 1. The number of hydrogen-bond acceptors (Lipinski definition) is 5. The zero-order valence-electron chi connectivity index (χ0n) is 16.9. The number of carbonyl (C=O) groups excluding carboxylic acids is 2. The van der Waals surface area contributed by atoms with Crippen LogP contribution in [0.3, 0.4) is 0 Å². The van der Waals surface area contributed by atoms with Crippen molar-refractivity contribution in [2.45, 2.75) is 18.8 Å². The van der Waals surface area contributed by atoms with Crippen LogP contribution < -0.4 is 20.1 Å². The SMILES string of the molecule is Cl.O=C1[N]C(C(=O)c2ccc3c(c2)OCO3)=C(CN2CCC(c3ccccc3)CC2)N1. The van der Waals surface area contributed by atoms with Gasteiger partial charge in [-0.2, -0.15) is 5.32 Å². The lowest BCUT2D eigenvalue weighted by Gasteiger charge is -2.32. The minimum atomic E-state index is -0.492. The third-order valence-corrected chi connectivity index (χ3v) is 5.85. The molecule has 1 radical (unpaired) electrons. The molecule has 2 aromatic rings. The van der Waals surface area contributed by atoms with Crippen molar-refractivity contribution in [2.24, 2.45) is 0 Å². The summed E-state index contributed by atoms with van der Waals surface area (Å²) in [5.74, 6) is 1.40. The highest BCUT2D eigenvalue weighted by Gasteiger charge is 2.31. The molecule has 0 aromatic heterocycles. The molecule has 0 aliphatic carbocycles. The fraction of sp³-hybridized carbons (Fsp3) is 0.304. The molecule has 3 aliphatic rings. The second-order valence-electron chi connectivity index (χ2n) is 7.73. The van der Waals surface area contributed by atoms with E-state index in [1.54, 1.807) is 18.2 Å². The molecular weight excluding hydrogens is 418 g/mol. The van der Waals surface area contributed by atoms with Crippen LogP contribution in [-0.2, 0) is 0 Å². The molecule has 0 unspecified atom stereocenters. The molecule has 31 heavy (non-hydrogen) atoms. The Morgan fingerprint density at radius 1 is 1.06 bits per heavy atom. The summed E-state index contributed by atoms with van der Waals surface area (Å²) in [7, 11) is 0. The highest BCUT2D eigenvalue weighted by molar-refractivity contribution is 6.12. The summed E-state index contributed by atoms with van der Waals surface area (Å²) in [6.07, 6.45) is 2.10. The Balaban J connectivity index is 0.00000231. The van der Waals surface area contributed by atoms with Crippen molar-refractivity contribution < 1.29 is 19.1 Å². The number of allylic oxidation sites excluding steroid dienone is 1. The summed E-state index contributed by atoms with van der Waals surface area (Å²) in [5.41, 5.74) is 2.55. The molecule has 161 valence electrons. The number of fused-ring (bicyclic) bond motifs is 1. The van der Waals surface area contributed by atoms with Crippen LogP contribution in [-0.4, -0.2) is 43.1 Å². The predicted molar refractivity (Wildman–Crippen MR) is 117 cm³/mol. The average Bonchev–Trinajstić information content (AvgIpc) is 3.40. The lowest BCUT2D eigenvalue weighted by atomic mass is 9.89. The second-order valence-corrected chi connectivity index (χ2v) is 7.73. The highest BCUT2D eigenvalue weighted by atomic mass is 35.5. The molecule has 0 atom stereocenters. The quantitative estimate of drug-likeness (QED) is 0.720. The molecule has 3 aliphatic heterocycles. The van der Waals surface area contributed by atoms with E-state index in [4.69, 9.17) is 9.47 Å². The molecule has 0 saturated carbocycles. The zero-order valence-corrected chi connectivity index (χ0v) is 17.7. The van der Waals surface area contributed by atoms with Crippen LogP contribution in [0.1, 0.15) is 34.7 Å². The third kappa shape index (κ3) is 4.38. The van der Waals surface area contributed by atoms with Gasteiger partial charge in [0.05, 0.1) is 5.70 Å². The monoisotopic (exact) mass is 440 g/mol. The lowest BCUT2D eigenvalue weighted by molar-refractivity contribution is 0.102. The van der Waals surface area contributed by atoms with Crippen LogP contribution in [0.4, 0.5) is 4.79 Å². The Labute approximate surface area is 186 Å². The van der Waals surface area contributed by atoms with Gasteiger partial charge in [0.1, 0.15) is 5.70 Å². The molecule has 1 fully saturated rings. The molecule has 7 nitrogen and oxygen atoms in total. The van der Waals surface area contributed by atoms with Gasteiger partial charge >= 0.3 is 6.03 Å². The van der Waals surface area contributed by atoms with Crippen LogP contribution in [0.25, 0.3) is 0 Å². The normalized spacial score (nSPS) is 18.4. The standard InChI is InChI=1S/C23H22N3O4.ClH/c27-22(17-6-7-19-20(12-17)30-14-29-19)21-18(24-23(28)25-21)13-26-10-8-16(9-11-26)15-4-2-1-3-5-15;/h1-7,12,16H,8-11,13-14H2,(H,24,28);1H. The average molecular weight is 441 g/mol. The number of ether oxygens (including phenoxy) is 2. The molecule has 1 saturated heterocycles. The van der Waals surface area contributed by atoms with Crippen molar-refractivity contribution in [3.63, 3.8) is 0 Å².